The second-order valence-electron chi connectivity index (χ2n) is 11.7. The lowest BCUT2D eigenvalue weighted by atomic mass is 10.0. The van der Waals surface area contributed by atoms with Crippen molar-refractivity contribution >= 4 is 34.8 Å². The highest BCUT2D eigenvalue weighted by Crippen LogP contribution is 2.35. The molecule has 3 N–H and O–H groups in total. The topological polar surface area (TPSA) is 137 Å². The molecule has 0 unspecified atom stereocenters. The minimum absolute atomic E-state index is 0.179. The van der Waals surface area contributed by atoms with Crippen molar-refractivity contribution in [2.24, 2.45) is 0 Å². The van der Waals surface area contributed by atoms with Crippen LogP contribution in [0.3, 0.4) is 0 Å². The van der Waals surface area contributed by atoms with E-state index in [0.717, 1.165) is 24.8 Å². The van der Waals surface area contributed by atoms with Crippen LogP contribution in [0.4, 0.5) is 16.6 Å². The molecule has 0 spiro atoms. The summed E-state index contributed by atoms with van der Waals surface area (Å²) in [5.74, 6) is 1.79. The number of methoxy groups -OCH3 is 2. The van der Waals surface area contributed by atoms with Crippen LogP contribution in [0.5, 0.6) is 11.5 Å². The fourth-order valence-corrected chi connectivity index (χ4v) is 3.97. The molecule has 3 aromatic rings. The molecule has 11 heteroatoms. The summed E-state index contributed by atoms with van der Waals surface area (Å²) in [6.07, 6.45) is 4.55. The van der Waals surface area contributed by atoms with Gasteiger partial charge in [0, 0.05) is 41.7 Å². The van der Waals surface area contributed by atoms with E-state index in [9.17, 15) is 9.59 Å². The molecule has 11 nitrogen and oxygen atoms in total. The Labute approximate surface area is 241 Å². The summed E-state index contributed by atoms with van der Waals surface area (Å²) in [6.45, 7) is 11.9. The summed E-state index contributed by atoms with van der Waals surface area (Å²) in [6, 6.07) is 6.95. The van der Waals surface area contributed by atoms with E-state index in [0.29, 0.717) is 52.8 Å². The summed E-state index contributed by atoms with van der Waals surface area (Å²) < 4.78 is 16.2. The fourth-order valence-electron chi connectivity index (χ4n) is 3.97. The molecule has 2 heterocycles. The van der Waals surface area contributed by atoms with E-state index in [1.54, 1.807) is 26.5 Å². The first kappa shape index (κ1) is 31.4. The van der Waals surface area contributed by atoms with E-state index in [-0.39, 0.29) is 12.0 Å². The Morgan fingerprint density at radius 1 is 0.878 bits per heavy atom. The van der Waals surface area contributed by atoms with Crippen molar-refractivity contribution in [3.63, 3.8) is 0 Å². The van der Waals surface area contributed by atoms with Crippen LogP contribution in [-0.2, 0) is 9.53 Å². The summed E-state index contributed by atoms with van der Waals surface area (Å²) in [5.41, 5.74) is 0.931. The van der Waals surface area contributed by atoms with E-state index in [1.807, 2.05) is 59.7 Å². The van der Waals surface area contributed by atoms with Gasteiger partial charge in [0.15, 0.2) is 5.65 Å². The Morgan fingerprint density at radius 2 is 1.56 bits per heavy atom. The minimum atomic E-state index is -0.465. The van der Waals surface area contributed by atoms with Gasteiger partial charge in [-0.2, -0.15) is 4.98 Å². The Kier molecular flexibility index (Phi) is 10.3. The number of unbranched alkanes of at least 4 members (excludes halogenated alkanes) is 2. The van der Waals surface area contributed by atoms with Gasteiger partial charge in [-0.1, -0.05) is 6.42 Å². The van der Waals surface area contributed by atoms with Crippen LogP contribution in [-0.4, -0.2) is 58.9 Å². The predicted molar refractivity (Wildman–Crippen MR) is 161 cm³/mol. The molecule has 0 bridgehead atoms. The fraction of sp³-hybridized carbons (Fsp3) is 0.500. The molecule has 2 amide bonds. The quantitative estimate of drug-likeness (QED) is 0.190. The molecule has 0 aliphatic heterocycles. The molecule has 3 rings (SSSR count). The Bertz CT molecular complexity index is 1340. The first-order chi connectivity index (χ1) is 19.3. The summed E-state index contributed by atoms with van der Waals surface area (Å²) >= 11 is 0. The maximum absolute atomic E-state index is 12.8. The van der Waals surface area contributed by atoms with Gasteiger partial charge in [-0.3, -0.25) is 10.1 Å². The van der Waals surface area contributed by atoms with Gasteiger partial charge in [0.25, 0.3) is 0 Å². The summed E-state index contributed by atoms with van der Waals surface area (Å²) in [7, 11) is 3.16. The van der Waals surface area contributed by atoms with E-state index < -0.39 is 11.1 Å². The first-order valence-corrected chi connectivity index (χ1v) is 13.7. The van der Waals surface area contributed by atoms with E-state index in [4.69, 9.17) is 19.2 Å². The lowest BCUT2D eigenvalue weighted by molar-refractivity contribution is -0.154. The molecule has 1 aromatic carbocycles. The zero-order valence-corrected chi connectivity index (χ0v) is 25.3. The molecule has 222 valence electrons. The number of hydrogen-bond acceptors (Lipinski definition) is 9. The number of benzene rings is 1. The van der Waals surface area contributed by atoms with Crippen molar-refractivity contribution in [3.05, 3.63) is 30.5 Å². The number of ether oxygens (including phenoxy) is 3. The summed E-state index contributed by atoms with van der Waals surface area (Å²) in [4.78, 5) is 38.4. The zero-order valence-electron chi connectivity index (χ0n) is 25.3. The standard InChI is InChI=1S/C30H42N6O5/c1-29(2,3)36-28(38)35-26-23(19-14-21(39-7)17-22(15-19)40-8)16-20-18-32-27(34-25(20)33-26)31-13-11-9-10-12-24(37)41-30(4,5)6/h14-18H,9-13H2,1-8H3,(H3,31,32,33,34,35,36,38). The third-order valence-corrected chi connectivity index (χ3v) is 5.71. The molecule has 0 aliphatic carbocycles. The normalized spacial score (nSPS) is 11.6. The number of rotatable bonds is 11. The lowest BCUT2D eigenvalue weighted by Crippen LogP contribution is -2.43. The monoisotopic (exact) mass is 566 g/mol. The van der Waals surface area contributed by atoms with Gasteiger partial charge in [-0.15, -0.1) is 0 Å². The van der Waals surface area contributed by atoms with Gasteiger partial charge in [0.05, 0.1) is 14.2 Å². The summed E-state index contributed by atoms with van der Waals surface area (Å²) in [5, 5.41) is 9.70. The number of esters is 1. The van der Waals surface area contributed by atoms with Crippen LogP contribution in [0.25, 0.3) is 22.2 Å². The Hall–Kier alpha value is -4.15. The third-order valence-electron chi connectivity index (χ3n) is 5.71. The second kappa shape index (κ2) is 13.5. The van der Waals surface area contributed by atoms with Crippen molar-refractivity contribution in [3.8, 4) is 22.6 Å². The first-order valence-electron chi connectivity index (χ1n) is 13.7. The average Bonchev–Trinajstić information content (AvgIpc) is 2.87. The highest BCUT2D eigenvalue weighted by molar-refractivity contribution is 5.96. The van der Waals surface area contributed by atoms with Gasteiger partial charge in [-0.25, -0.2) is 14.8 Å². The van der Waals surface area contributed by atoms with Crippen molar-refractivity contribution in [2.75, 3.05) is 31.4 Å². The molecule has 0 saturated heterocycles. The van der Waals surface area contributed by atoms with Crippen LogP contribution in [0.15, 0.2) is 30.5 Å². The van der Waals surface area contributed by atoms with Crippen LogP contribution >= 0.6 is 0 Å². The van der Waals surface area contributed by atoms with Crippen LogP contribution in [0, 0.1) is 0 Å². The Balaban J connectivity index is 1.79. The highest BCUT2D eigenvalue weighted by atomic mass is 16.6. The van der Waals surface area contributed by atoms with E-state index >= 15 is 0 Å². The lowest BCUT2D eigenvalue weighted by Gasteiger charge is -2.21. The molecular weight excluding hydrogens is 524 g/mol. The van der Waals surface area contributed by atoms with Crippen LogP contribution in [0.2, 0.25) is 0 Å². The number of pyridine rings is 1. The molecule has 0 fully saturated rings. The number of hydrogen-bond donors (Lipinski definition) is 3. The number of nitrogens with one attached hydrogen (secondary N) is 3. The van der Waals surface area contributed by atoms with Gasteiger partial charge in [0.2, 0.25) is 5.95 Å². The number of nitrogens with zero attached hydrogens (tertiary/aromatic N) is 3. The minimum Gasteiger partial charge on any atom is -0.497 e. The molecule has 0 aliphatic rings. The third kappa shape index (κ3) is 10.1. The SMILES string of the molecule is COc1cc(OC)cc(-c2cc3cnc(NCCCCCC(=O)OC(C)(C)C)nc3nc2NC(=O)NC(C)(C)C)c1. The van der Waals surface area contributed by atoms with E-state index in [1.165, 1.54) is 0 Å². The van der Waals surface area contributed by atoms with Crippen molar-refractivity contribution < 1.29 is 23.8 Å². The largest absolute Gasteiger partial charge is 0.497 e. The van der Waals surface area contributed by atoms with Gasteiger partial charge >= 0.3 is 12.0 Å². The van der Waals surface area contributed by atoms with Crippen LogP contribution < -0.4 is 25.4 Å². The van der Waals surface area contributed by atoms with Gasteiger partial charge < -0.3 is 24.8 Å². The molecule has 0 radical (unpaired) electrons. The van der Waals surface area contributed by atoms with Gasteiger partial charge in [-0.05, 0) is 78.1 Å². The van der Waals surface area contributed by atoms with Gasteiger partial charge in [0.1, 0.15) is 22.9 Å². The number of fused-ring (bicyclic) bond motifs is 1. The van der Waals surface area contributed by atoms with E-state index in [2.05, 4.69) is 25.9 Å². The van der Waals surface area contributed by atoms with Crippen LogP contribution in [0.1, 0.15) is 67.2 Å². The number of carbonyl (C=O) groups is 2. The average molecular weight is 567 g/mol. The number of carbonyl (C=O) groups excluding carboxylic acids is 2. The number of urea groups is 1. The molecule has 0 saturated carbocycles. The van der Waals surface area contributed by atoms with Crippen molar-refractivity contribution in [1.29, 1.82) is 0 Å². The smallest absolute Gasteiger partial charge is 0.320 e. The number of anilines is 2. The predicted octanol–water partition coefficient (Wildman–Crippen LogP) is 5.94. The van der Waals surface area contributed by atoms with Crippen molar-refractivity contribution in [2.45, 2.75) is 78.4 Å². The molecule has 41 heavy (non-hydrogen) atoms. The molecule has 2 aromatic heterocycles. The number of amides is 2. The molecular formula is C30H42N6O5. The molecule has 0 atom stereocenters. The maximum atomic E-state index is 12.8. The highest BCUT2D eigenvalue weighted by Gasteiger charge is 2.19. The second-order valence-corrected chi connectivity index (χ2v) is 11.7. The van der Waals surface area contributed by atoms with Crippen molar-refractivity contribution in [1.82, 2.24) is 20.3 Å². The zero-order chi connectivity index (χ0) is 30.2. The maximum Gasteiger partial charge on any atom is 0.320 e. The number of aromatic nitrogens is 3. The Morgan fingerprint density at radius 3 is 2.17 bits per heavy atom.